The molecule has 0 saturated carbocycles. The SMILES string of the molecule is COc1cc(N=c2ccc3ncc(-c4cnn(C)c4)nc3n2Cc2ccnn2C)c(F)c(OC)c1. The Hall–Kier alpha value is -4.54. The van der Waals surface area contributed by atoms with Crippen molar-refractivity contribution in [1.82, 2.24) is 34.1 Å². The fourth-order valence-corrected chi connectivity index (χ4v) is 3.75. The summed E-state index contributed by atoms with van der Waals surface area (Å²) in [6.45, 7) is 0.389. The van der Waals surface area contributed by atoms with Gasteiger partial charge in [-0.05, 0) is 18.2 Å². The van der Waals surface area contributed by atoms with Gasteiger partial charge in [-0.3, -0.25) is 14.3 Å². The third-order valence-corrected chi connectivity index (χ3v) is 5.63. The van der Waals surface area contributed by atoms with Crippen LogP contribution in [-0.4, -0.2) is 48.3 Å². The van der Waals surface area contributed by atoms with Crippen LogP contribution in [0, 0.1) is 5.82 Å². The Morgan fingerprint density at radius 1 is 1.03 bits per heavy atom. The molecule has 4 aromatic heterocycles. The summed E-state index contributed by atoms with van der Waals surface area (Å²) < 4.78 is 30.9. The lowest BCUT2D eigenvalue weighted by Gasteiger charge is -2.13. The van der Waals surface area contributed by atoms with Crippen molar-refractivity contribution in [2.75, 3.05) is 14.2 Å². The van der Waals surface area contributed by atoms with E-state index in [4.69, 9.17) is 14.5 Å². The lowest BCUT2D eigenvalue weighted by atomic mass is 10.2. The van der Waals surface area contributed by atoms with Crippen LogP contribution in [0.3, 0.4) is 0 Å². The van der Waals surface area contributed by atoms with Crippen LogP contribution in [0.4, 0.5) is 10.1 Å². The molecule has 0 saturated heterocycles. The lowest BCUT2D eigenvalue weighted by molar-refractivity contribution is 0.374. The highest BCUT2D eigenvalue weighted by Gasteiger charge is 2.14. The van der Waals surface area contributed by atoms with Gasteiger partial charge in [-0.15, -0.1) is 0 Å². The number of pyridine rings is 1. The average Bonchev–Trinajstić information content (AvgIpc) is 3.49. The second kappa shape index (κ2) is 9.01. The van der Waals surface area contributed by atoms with Crippen LogP contribution < -0.4 is 15.0 Å². The molecular formula is C24H23FN8O2. The van der Waals surface area contributed by atoms with E-state index in [1.807, 2.05) is 37.0 Å². The Balaban J connectivity index is 1.77. The van der Waals surface area contributed by atoms with Gasteiger partial charge in [0.1, 0.15) is 22.4 Å². The second-order valence-corrected chi connectivity index (χ2v) is 7.87. The standard InChI is InChI=1S/C24H23FN8O2/c1-31-13-15(11-28-31)20-12-26-18-5-6-22(29-19-9-17(34-3)10-21(35-4)23(19)25)33(24(18)30-20)14-16-7-8-27-32(16)2/h5-13H,14H2,1-4H3. The fourth-order valence-electron chi connectivity index (χ4n) is 3.75. The largest absolute Gasteiger partial charge is 0.497 e. The second-order valence-electron chi connectivity index (χ2n) is 7.87. The van der Waals surface area contributed by atoms with Crippen molar-refractivity contribution in [3.05, 3.63) is 72.1 Å². The molecule has 4 heterocycles. The molecule has 0 aliphatic carbocycles. The molecule has 5 aromatic rings. The topological polar surface area (TPSA) is 97.2 Å². The van der Waals surface area contributed by atoms with Gasteiger partial charge in [0.2, 0.25) is 0 Å². The molecule has 5 rings (SSSR count). The first kappa shape index (κ1) is 22.3. The summed E-state index contributed by atoms with van der Waals surface area (Å²) in [7, 11) is 6.60. The maximum atomic E-state index is 15.1. The van der Waals surface area contributed by atoms with Crippen molar-refractivity contribution >= 4 is 16.9 Å². The zero-order chi connectivity index (χ0) is 24.5. The highest BCUT2D eigenvalue weighted by Crippen LogP contribution is 2.32. The molecule has 178 valence electrons. The summed E-state index contributed by atoms with van der Waals surface area (Å²) in [6, 6.07) is 8.49. The molecule has 0 atom stereocenters. The average molecular weight is 475 g/mol. The zero-order valence-corrected chi connectivity index (χ0v) is 19.7. The van der Waals surface area contributed by atoms with Crippen molar-refractivity contribution in [2.24, 2.45) is 19.1 Å². The van der Waals surface area contributed by atoms with Crippen LogP contribution in [-0.2, 0) is 20.6 Å². The first-order valence-electron chi connectivity index (χ1n) is 10.8. The number of ether oxygens (including phenoxy) is 2. The van der Waals surface area contributed by atoms with Crippen molar-refractivity contribution in [3.63, 3.8) is 0 Å². The minimum absolute atomic E-state index is 0.0423. The Morgan fingerprint density at radius 3 is 2.57 bits per heavy atom. The third kappa shape index (κ3) is 4.23. The molecule has 11 heteroatoms. The van der Waals surface area contributed by atoms with E-state index in [1.165, 1.54) is 26.4 Å². The summed E-state index contributed by atoms with van der Waals surface area (Å²) >= 11 is 0. The minimum atomic E-state index is -0.587. The van der Waals surface area contributed by atoms with E-state index in [2.05, 4.69) is 20.2 Å². The van der Waals surface area contributed by atoms with Crippen LogP contribution in [0.5, 0.6) is 11.5 Å². The first-order valence-corrected chi connectivity index (χ1v) is 10.8. The summed E-state index contributed by atoms with van der Waals surface area (Å²) in [5.41, 5.74) is 4.22. The monoisotopic (exact) mass is 474 g/mol. The molecule has 0 unspecified atom stereocenters. The molecule has 0 aliphatic heterocycles. The van der Waals surface area contributed by atoms with Crippen molar-refractivity contribution in [2.45, 2.75) is 6.54 Å². The summed E-state index contributed by atoms with van der Waals surface area (Å²) in [5, 5.41) is 8.50. The van der Waals surface area contributed by atoms with Gasteiger partial charge in [0, 0.05) is 44.2 Å². The molecule has 0 spiro atoms. The predicted octanol–water partition coefficient (Wildman–Crippen LogP) is 3.00. The minimum Gasteiger partial charge on any atom is -0.497 e. The number of nitrogens with zero attached hydrogens (tertiary/aromatic N) is 8. The molecular weight excluding hydrogens is 451 g/mol. The van der Waals surface area contributed by atoms with Gasteiger partial charge in [-0.1, -0.05) is 0 Å². The lowest BCUT2D eigenvalue weighted by Crippen LogP contribution is -2.23. The Labute approximate surface area is 199 Å². The number of fused-ring (bicyclic) bond motifs is 1. The van der Waals surface area contributed by atoms with Gasteiger partial charge in [0.25, 0.3) is 0 Å². The smallest absolute Gasteiger partial charge is 0.190 e. The van der Waals surface area contributed by atoms with Crippen LogP contribution in [0.25, 0.3) is 22.4 Å². The van der Waals surface area contributed by atoms with Crippen LogP contribution >= 0.6 is 0 Å². The number of rotatable bonds is 6. The molecule has 0 bridgehead atoms. The highest BCUT2D eigenvalue weighted by atomic mass is 19.1. The summed E-state index contributed by atoms with van der Waals surface area (Å²) in [6.07, 6.45) is 7.02. The third-order valence-electron chi connectivity index (χ3n) is 5.63. The maximum absolute atomic E-state index is 15.1. The molecule has 0 N–H and O–H groups in total. The number of halogens is 1. The Morgan fingerprint density at radius 2 is 1.89 bits per heavy atom. The molecule has 35 heavy (non-hydrogen) atoms. The number of aryl methyl sites for hydroxylation is 2. The van der Waals surface area contributed by atoms with Crippen LogP contribution in [0.15, 0.2) is 60.1 Å². The fraction of sp³-hybridized carbons (Fsp3) is 0.208. The first-order chi connectivity index (χ1) is 17.0. The van der Waals surface area contributed by atoms with E-state index in [0.29, 0.717) is 34.6 Å². The van der Waals surface area contributed by atoms with E-state index < -0.39 is 5.82 Å². The molecule has 0 fully saturated rings. The van der Waals surface area contributed by atoms with E-state index in [0.717, 1.165) is 11.3 Å². The van der Waals surface area contributed by atoms with E-state index in [1.54, 1.807) is 34.0 Å². The van der Waals surface area contributed by atoms with Gasteiger partial charge in [-0.25, -0.2) is 14.4 Å². The van der Waals surface area contributed by atoms with Gasteiger partial charge in [-0.2, -0.15) is 10.2 Å². The summed E-state index contributed by atoms with van der Waals surface area (Å²) in [5.74, 6) is -0.115. The van der Waals surface area contributed by atoms with Crippen molar-refractivity contribution < 1.29 is 13.9 Å². The Kier molecular flexibility index (Phi) is 5.73. The Bertz CT molecular complexity index is 1600. The maximum Gasteiger partial charge on any atom is 0.190 e. The predicted molar refractivity (Wildman–Crippen MR) is 127 cm³/mol. The van der Waals surface area contributed by atoms with Crippen LogP contribution in [0.1, 0.15) is 5.69 Å². The summed E-state index contributed by atoms with van der Waals surface area (Å²) in [4.78, 5) is 14.1. The molecule has 0 radical (unpaired) electrons. The number of hydrogen-bond acceptors (Lipinski definition) is 7. The number of methoxy groups -OCH3 is 2. The molecule has 0 amide bonds. The van der Waals surface area contributed by atoms with E-state index in [-0.39, 0.29) is 11.4 Å². The van der Waals surface area contributed by atoms with Crippen molar-refractivity contribution in [3.8, 4) is 22.8 Å². The zero-order valence-electron chi connectivity index (χ0n) is 19.7. The van der Waals surface area contributed by atoms with Gasteiger partial charge in [0.05, 0.1) is 44.5 Å². The number of aromatic nitrogens is 7. The van der Waals surface area contributed by atoms with Crippen molar-refractivity contribution in [1.29, 1.82) is 0 Å². The molecule has 10 nitrogen and oxygen atoms in total. The molecule has 0 aliphatic rings. The molecule has 1 aromatic carbocycles. The normalized spacial score (nSPS) is 11.9. The number of benzene rings is 1. The number of hydrogen-bond donors (Lipinski definition) is 0. The van der Waals surface area contributed by atoms with Gasteiger partial charge in [0.15, 0.2) is 17.2 Å². The quantitative estimate of drug-likeness (QED) is 0.375. The van der Waals surface area contributed by atoms with E-state index in [9.17, 15) is 0 Å². The van der Waals surface area contributed by atoms with E-state index >= 15 is 4.39 Å². The van der Waals surface area contributed by atoms with Gasteiger partial charge < -0.3 is 14.0 Å². The van der Waals surface area contributed by atoms with Crippen LogP contribution in [0.2, 0.25) is 0 Å². The van der Waals surface area contributed by atoms with Gasteiger partial charge >= 0.3 is 0 Å². The highest BCUT2D eigenvalue weighted by molar-refractivity contribution is 5.73.